The van der Waals surface area contributed by atoms with Crippen LogP contribution < -0.4 is 16.0 Å². The van der Waals surface area contributed by atoms with Gasteiger partial charge in [-0.05, 0) is 63.1 Å². The summed E-state index contributed by atoms with van der Waals surface area (Å²) in [4.78, 5) is 31.6. The van der Waals surface area contributed by atoms with Crippen molar-refractivity contribution in [2.45, 2.75) is 26.7 Å². The molecule has 3 aromatic rings. The summed E-state index contributed by atoms with van der Waals surface area (Å²) in [6.45, 7) is 5.69. The standard InChI is InChI=1S/C23H24N4O2/c1-14-5-7-19-17(11-14)12-18(15(2)25-19)23(29)26-20-13-16(22(24)28)6-8-21(20)27-9-3-4-10-27/h5-8,11-13H,3-4,9-10H2,1-2H3,(H2,24,28)(H,26,29). The Hall–Kier alpha value is -3.41. The molecule has 0 aliphatic carbocycles. The Morgan fingerprint density at radius 1 is 1.03 bits per heavy atom. The molecule has 0 atom stereocenters. The molecule has 1 aliphatic rings. The molecule has 0 unspecified atom stereocenters. The molecule has 4 rings (SSSR count). The number of hydrogen-bond acceptors (Lipinski definition) is 4. The van der Waals surface area contributed by atoms with E-state index in [0.29, 0.717) is 22.5 Å². The molecule has 6 heteroatoms. The molecule has 1 fully saturated rings. The largest absolute Gasteiger partial charge is 0.370 e. The fourth-order valence-electron chi connectivity index (χ4n) is 3.83. The van der Waals surface area contributed by atoms with E-state index in [9.17, 15) is 9.59 Å². The minimum Gasteiger partial charge on any atom is -0.370 e. The number of carbonyl (C=O) groups excluding carboxylic acids is 2. The second-order valence-electron chi connectivity index (χ2n) is 7.56. The maximum absolute atomic E-state index is 13.1. The molecular weight excluding hydrogens is 364 g/mol. The van der Waals surface area contributed by atoms with Crippen molar-refractivity contribution >= 4 is 34.1 Å². The first kappa shape index (κ1) is 18.9. The van der Waals surface area contributed by atoms with Crippen LogP contribution in [-0.4, -0.2) is 29.9 Å². The summed E-state index contributed by atoms with van der Waals surface area (Å²) in [7, 11) is 0. The van der Waals surface area contributed by atoms with Crippen LogP contribution in [0.4, 0.5) is 11.4 Å². The molecule has 0 spiro atoms. The van der Waals surface area contributed by atoms with Gasteiger partial charge in [-0.2, -0.15) is 0 Å². The van der Waals surface area contributed by atoms with E-state index in [2.05, 4.69) is 15.2 Å². The monoisotopic (exact) mass is 388 g/mol. The molecule has 29 heavy (non-hydrogen) atoms. The van der Waals surface area contributed by atoms with Gasteiger partial charge in [-0.1, -0.05) is 11.6 Å². The van der Waals surface area contributed by atoms with E-state index in [1.165, 1.54) is 0 Å². The second-order valence-corrected chi connectivity index (χ2v) is 7.56. The lowest BCUT2D eigenvalue weighted by atomic mass is 10.1. The lowest BCUT2D eigenvalue weighted by Crippen LogP contribution is -2.22. The summed E-state index contributed by atoms with van der Waals surface area (Å²) in [5, 5.41) is 3.91. The van der Waals surface area contributed by atoms with Gasteiger partial charge in [0.05, 0.1) is 28.1 Å². The number of aryl methyl sites for hydroxylation is 2. The van der Waals surface area contributed by atoms with Crippen LogP contribution in [0.1, 0.15) is 44.8 Å². The quantitative estimate of drug-likeness (QED) is 0.711. The third-order valence-electron chi connectivity index (χ3n) is 5.38. The number of pyridine rings is 1. The van der Waals surface area contributed by atoms with Crippen molar-refractivity contribution in [3.8, 4) is 0 Å². The third-order valence-corrected chi connectivity index (χ3v) is 5.38. The van der Waals surface area contributed by atoms with Gasteiger partial charge in [0.15, 0.2) is 0 Å². The van der Waals surface area contributed by atoms with E-state index < -0.39 is 5.91 Å². The first-order valence-electron chi connectivity index (χ1n) is 9.80. The summed E-state index contributed by atoms with van der Waals surface area (Å²) in [5.41, 5.74) is 10.5. The van der Waals surface area contributed by atoms with Gasteiger partial charge in [0.25, 0.3) is 5.91 Å². The Kier molecular flexibility index (Phi) is 4.92. The number of rotatable bonds is 4. The van der Waals surface area contributed by atoms with Gasteiger partial charge < -0.3 is 16.0 Å². The van der Waals surface area contributed by atoms with Crippen LogP contribution in [-0.2, 0) is 0 Å². The third kappa shape index (κ3) is 3.78. The zero-order valence-electron chi connectivity index (χ0n) is 16.7. The summed E-state index contributed by atoms with van der Waals surface area (Å²) in [6, 6.07) is 13.1. The number of hydrogen-bond donors (Lipinski definition) is 2. The fourth-order valence-corrected chi connectivity index (χ4v) is 3.83. The van der Waals surface area contributed by atoms with Crippen molar-refractivity contribution < 1.29 is 9.59 Å². The molecule has 1 aliphatic heterocycles. The van der Waals surface area contributed by atoms with E-state index >= 15 is 0 Å². The summed E-state index contributed by atoms with van der Waals surface area (Å²) in [5.74, 6) is -0.770. The highest BCUT2D eigenvalue weighted by Crippen LogP contribution is 2.31. The number of fused-ring (bicyclic) bond motifs is 1. The van der Waals surface area contributed by atoms with Crippen LogP contribution in [0.5, 0.6) is 0 Å². The molecule has 2 aromatic carbocycles. The fraction of sp³-hybridized carbons (Fsp3) is 0.261. The number of aromatic nitrogens is 1. The lowest BCUT2D eigenvalue weighted by molar-refractivity contribution is 0.0996. The minimum absolute atomic E-state index is 0.250. The molecule has 3 N–H and O–H groups in total. The van der Waals surface area contributed by atoms with Crippen LogP contribution in [0, 0.1) is 13.8 Å². The average molecular weight is 388 g/mol. The van der Waals surface area contributed by atoms with Crippen molar-refractivity contribution in [2.24, 2.45) is 5.73 Å². The normalized spacial score (nSPS) is 13.7. The Balaban J connectivity index is 1.72. The minimum atomic E-state index is -0.521. The Bertz CT molecular complexity index is 1120. The van der Waals surface area contributed by atoms with Crippen molar-refractivity contribution in [3.63, 3.8) is 0 Å². The molecule has 2 heterocycles. The molecule has 0 radical (unpaired) electrons. The van der Waals surface area contributed by atoms with Crippen molar-refractivity contribution in [1.29, 1.82) is 0 Å². The number of nitrogens with zero attached hydrogens (tertiary/aromatic N) is 2. The van der Waals surface area contributed by atoms with Gasteiger partial charge in [-0.3, -0.25) is 14.6 Å². The lowest BCUT2D eigenvalue weighted by Gasteiger charge is -2.22. The van der Waals surface area contributed by atoms with Crippen molar-refractivity contribution in [1.82, 2.24) is 4.98 Å². The predicted molar refractivity (Wildman–Crippen MR) is 116 cm³/mol. The number of nitrogens with two attached hydrogens (primary N) is 1. The molecular formula is C23H24N4O2. The smallest absolute Gasteiger partial charge is 0.257 e. The number of anilines is 2. The topological polar surface area (TPSA) is 88.3 Å². The van der Waals surface area contributed by atoms with Crippen LogP contribution in [0.15, 0.2) is 42.5 Å². The first-order chi connectivity index (χ1) is 13.9. The van der Waals surface area contributed by atoms with Crippen molar-refractivity contribution in [3.05, 3.63) is 64.8 Å². The molecule has 2 amide bonds. The molecule has 0 bridgehead atoms. The number of benzene rings is 2. The van der Waals surface area contributed by atoms with Gasteiger partial charge in [0.2, 0.25) is 5.91 Å². The van der Waals surface area contributed by atoms with Crippen LogP contribution >= 0.6 is 0 Å². The maximum atomic E-state index is 13.1. The highest BCUT2D eigenvalue weighted by molar-refractivity contribution is 6.09. The average Bonchev–Trinajstić information content (AvgIpc) is 3.22. The molecule has 6 nitrogen and oxygen atoms in total. The number of carbonyl (C=O) groups is 2. The SMILES string of the molecule is Cc1ccc2nc(C)c(C(=O)Nc3cc(C(N)=O)ccc3N3CCCC3)cc2c1. The summed E-state index contributed by atoms with van der Waals surface area (Å²) >= 11 is 0. The van der Waals surface area contributed by atoms with E-state index in [1.54, 1.807) is 12.1 Å². The zero-order valence-corrected chi connectivity index (χ0v) is 16.7. The van der Waals surface area contributed by atoms with Gasteiger partial charge in [-0.25, -0.2) is 0 Å². The summed E-state index contributed by atoms with van der Waals surface area (Å²) in [6.07, 6.45) is 2.22. The molecule has 1 aromatic heterocycles. The van der Waals surface area contributed by atoms with Gasteiger partial charge in [0, 0.05) is 24.0 Å². The van der Waals surface area contributed by atoms with Crippen LogP contribution in [0.25, 0.3) is 10.9 Å². The number of primary amides is 1. The molecule has 1 saturated heterocycles. The second kappa shape index (κ2) is 7.54. The number of amides is 2. The van der Waals surface area contributed by atoms with E-state index in [1.807, 2.05) is 44.2 Å². The first-order valence-corrected chi connectivity index (χ1v) is 9.80. The summed E-state index contributed by atoms with van der Waals surface area (Å²) < 4.78 is 0. The van der Waals surface area contributed by atoms with Crippen LogP contribution in [0.2, 0.25) is 0 Å². The highest BCUT2D eigenvalue weighted by Gasteiger charge is 2.20. The van der Waals surface area contributed by atoms with Crippen LogP contribution in [0.3, 0.4) is 0 Å². The highest BCUT2D eigenvalue weighted by atomic mass is 16.2. The number of nitrogens with one attached hydrogen (secondary N) is 1. The Morgan fingerprint density at radius 3 is 2.52 bits per heavy atom. The van der Waals surface area contributed by atoms with E-state index in [0.717, 1.165) is 48.1 Å². The maximum Gasteiger partial charge on any atom is 0.257 e. The van der Waals surface area contributed by atoms with E-state index in [-0.39, 0.29) is 5.91 Å². The Labute approximate surface area is 169 Å². The zero-order chi connectivity index (χ0) is 20.5. The molecule has 148 valence electrons. The van der Waals surface area contributed by atoms with Crippen molar-refractivity contribution in [2.75, 3.05) is 23.3 Å². The Morgan fingerprint density at radius 2 is 1.79 bits per heavy atom. The van der Waals surface area contributed by atoms with E-state index in [4.69, 9.17) is 5.73 Å². The van der Waals surface area contributed by atoms with Gasteiger partial charge in [-0.15, -0.1) is 0 Å². The predicted octanol–water partition coefficient (Wildman–Crippen LogP) is 3.80. The van der Waals surface area contributed by atoms with Gasteiger partial charge >= 0.3 is 0 Å². The van der Waals surface area contributed by atoms with Gasteiger partial charge in [0.1, 0.15) is 0 Å². The molecule has 0 saturated carbocycles.